The van der Waals surface area contributed by atoms with Crippen molar-refractivity contribution in [1.82, 2.24) is 0 Å². The Labute approximate surface area is 118 Å². The van der Waals surface area contributed by atoms with E-state index in [9.17, 15) is 4.79 Å². The minimum Gasteiger partial charge on any atom is -0.494 e. The normalized spacial score (nSPS) is 10.7. The summed E-state index contributed by atoms with van der Waals surface area (Å²) in [6.45, 7) is 2.55. The van der Waals surface area contributed by atoms with Crippen LogP contribution in [0.15, 0.2) is 54.6 Å². The number of hydrogen-bond donors (Lipinski definition) is 1. The van der Waals surface area contributed by atoms with Gasteiger partial charge in [0.05, 0.1) is 6.61 Å². The van der Waals surface area contributed by atoms with E-state index in [4.69, 9.17) is 10.5 Å². The fourth-order valence-corrected chi connectivity index (χ4v) is 1.86. The monoisotopic (exact) mass is 267 g/mol. The van der Waals surface area contributed by atoms with Gasteiger partial charge in [-0.3, -0.25) is 4.79 Å². The first-order valence-corrected chi connectivity index (χ1v) is 6.50. The van der Waals surface area contributed by atoms with Crippen LogP contribution in [0.25, 0.3) is 6.08 Å². The second-order valence-corrected chi connectivity index (χ2v) is 4.29. The Morgan fingerprint density at radius 2 is 2.00 bits per heavy atom. The van der Waals surface area contributed by atoms with Crippen LogP contribution in [0.2, 0.25) is 0 Å². The van der Waals surface area contributed by atoms with Gasteiger partial charge >= 0.3 is 0 Å². The molecule has 0 fully saturated rings. The van der Waals surface area contributed by atoms with Gasteiger partial charge in [-0.05, 0) is 42.8 Å². The Hall–Kier alpha value is -2.55. The van der Waals surface area contributed by atoms with E-state index < -0.39 is 0 Å². The van der Waals surface area contributed by atoms with Crippen LogP contribution in [0.1, 0.15) is 22.8 Å². The number of nitrogen functional groups attached to an aromatic ring is 1. The van der Waals surface area contributed by atoms with Crippen molar-refractivity contribution in [2.75, 3.05) is 12.3 Å². The third-order valence-electron chi connectivity index (χ3n) is 2.82. The number of rotatable bonds is 5. The Morgan fingerprint density at radius 1 is 1.20 bits per heavy atom. The molecule has 0 aliphatic carbocycles. The van der Waals surface area contributed by atoms with Crippen molar-refractivity contribution in [3.63, 3.8) is 0 Å². The maximum absolute atomic E-state index is 12.1. The van der Waals surface area contributed by atoms with Crippen molar-refractivity contribution in [3.8, 4) is 5.75 Å². The van der Waals surface area contributed by atoms with Crippen LogP contribution in [0.5, 0.6) is 5.75 Å². The fraction of sp³-hybridized carbons (Fsp3) is 0.118. The molecule has 2 aromatic carbocycles. The smallest absolute Gasteiger partial charge is 0.187 e. The van der Waals surface area contributed by atoms with Crippen molar-refractivity contribution >= 4 is 17.5 Å². The van der Waals surface area contributed by atoms with Crippen molar-refractivity contribution in [2.45, 2.75) is 6.92 Å². The number of ether oxygens (including phenoxy) is 1. The molecule has 0 aliphatic rings. The SMILES string of the molecule is CCOc1cccc(/C=C/C(=O)c2ccccc2N)c1. The standard InChI is InChI=1S/C17H17NO2/c1-2-20-14-7-5-6-13(12-14)10-11-17(19)15-8-3-4-9-16(15)18/h3-12H,2,18H2,1H3/b11-10+. The van der Waals surface area contributed by atoms with Gasteiger partial charge < -0.3 is 10.5 Å². The molecular formula is C17H17NO2. The lowest BCUT2D eigenvalue weighted by Crippen LogP contribution is -1.99. The predicted octanol–water partition coefficient (Wildman–Crippen LogP) is 3.56. The number of nitrogens with two attached hydrogens (primary N) is 1. The average molecular weight is 267 g/mol. The molecule has 0 saturated carbocycles. The quantitative estimate of drug-likeness (QED) is 0.512. The Morgan fingerprint density at radius 3 is 2.75 bits per heavy atom. The minimum atomic E-state index is -0.107. The number of carbonyl (C=O) groups excluding carboxylic acids is 1. The molecule has 0 saturated heterocycles. The lowest BCUT2D eigenvalue weighted by atomic mass is 10.1. The molecule has 3 heteroatoms. The van der Waals surface area contributed by atoms with Gasteiger partial charge in [0.15, 0.2) is 5.78 Å². The predicted molar refractivity (Wildman–Crippen MR) is 81.8 cm³/mol. The number of ketones is 1. The maximum Gasteiger partial charge on any atom is 0.187 e. The van der Waals surface area contributed by atoms with Crippen molar-refractivity contribution in [3.05, 3.63) is 65.7 Å². The molecule has 102 valence electrons. The van der Waals surface area contributed by atoms with E-state index in [2.05, 4.69) is 0 Å². The molecule has 0 heterocycles. The number of allylic oxidation sites excluding steroid dienone is 1. The summed E-state index contributed by atoms with van der Waals surface area (Å²) < 4.78 is 5.42. The van der Waals surface area contributed by atoms with Gasteiger partial charge in [-0.15, -0.1) is 0 Å². The summed E-state index contributed by atoms with van der Waals surface area (Å²) in [4.78, 5) is 12.1. The molecule has 0 aliphatic heterocycles. The molecule has 0 amide bonds. The van der Waals surface area contributed by atoms with Crippen LogP contribution in [-0.2, 0) is 0 Å². The summed E-state index contributed by atoms with van der Waals surface area (Å²) in [5.41, 5.74) is 7.70. The van der Waals surface area contributed by atoms with E-state index in [-0.39, 0.29) is 5.78 Å². The molecule has 0 spiro atoms. The van der Waals surface area contributed by atoms with Crippen LogP contribution in [0.3, 0.4) is 0 Å². The summed E-state index contributed by atoms with van der Waals surface area (Å²) >= 11 is 0. The first kappa shape index (κ1) is 13.9. The van der Waals surface area contributed by atoms with Gasteiger partial charge in [-0.1, -0.05) is 30.3 Å². The van der Waals surface area contributed by atoms with E-state index >= 15 is 0 Å². The van der Waals surface area contributed by atoms with Crippen molar-refractivity contribution in [2.24, 2.45) is 0 Å². The highest BCUT2D eigenvalue weighted by Gasteiger charge is 2.04. The zero-order chi connectivity index (χ0) is 14.4. The minimum absolute atomic E-state index is 0.107. The molecule has 0 bridgehead atoms. The zero-order valence-corrected chi connectivity index (χ0v) is 11.4. The molecule has 0 atom stereocenters. The lowest BCUT2D eigenvalue weighted by Gasteiger charge is -2.03. The van der Waals surface area contributed by atoms with Crippen LogP contribution in [0, 0.1) is 0 Å². The summed E-state index contributed by atoms with van der Waals surface area (Å²) in [6, 6.07) is 14.6. The van der Waals surface area contributed by atoms with Crippen molar-refractivity contribution in [1.29, 1.82) is 0 Å². The molecule has 2 rings (SSSR count). The molecular weight excluding hydrogens is 250 g/mol. The molecule has 2 aromatic rings. The second kappa shape index (κ2) is 6.57. The average Bonchev–Trinajstić information content (AvgIpc) is 2.46. The van der Waals surface area contributed by atoms with E-state index in [0.717, 1.165) is 11.3 Å². The number of carbonyl (C=O) groups is 1. The molecule has 0 aromatic heterocycles. The Kier molecular flexibility index (Phi) is 4.56. The number of para-hydroxylation sites is 1. The van der Waals surface area contributed by atoms with Crippen molar-refractivity contribution < 1.29 is 9.53 Å². The summed E-state index contributed by atoms with van der Waals surface area (Å²) in [6.07, 6.45) is 3.29. The van der Waals surface area contributed by atoms with Gasteiger partial charge in [0, 0.05) is 11.3 Å². The van der Waals surface area contributed by atoms with Gasteiger partial charge in [0.25, 0.3) is 0 Å². The van der Waals surface area contributed by atoms with E-state index in [1.54, 1.807) is 30.3 Å². The van der Waals surface area contributed by atoms with Gasteiger partial charge in [-0.2, -0.15) is 0 Å². The second-order valence-electron chi connectivity index (χ2n) is 4.29. The molecule has 0 radical (unpaired) electrons. The van der Waals surface area contributed by atoms with Gasteiger partial charge in [0.1, 0.15) is 5.75 Å². The Bertz CT molecular complexity index is 632. The zero-order valence-electron chi connectivity index (χ0n) is 11.4. The van der Waals surface area contributed by atoms with Crippen LogP contribution in [-0.4, -0.2) is 12.4 Å². The first-order chi connectivity index (χ1) is 9.70. The highest BCUT2D eigenvalue weighted by Crippen LogP contribution is 2.16. The molecule has 3 nitrogen and oxygen atoms in total. The summed E-state index contributed by atoms with van der Waals surface area (Å²) in [5, 5.41) is 0. The maximum atomic E-state index is 12.1. The highest BCUT2D eigenvalue weighted by atomic mass is 16.5. The highest BCUT2D eigenvalue weighted by molar-refractivity contribution is 6.10. The molecule has 2 N–H and O–H groups in total. The lowest BCUT2D eigenvalue weighted by molar-refractivity contribution is 0.104. The fourth-order valence-electron chi connectivity index (χ4n) is 1.86. The summed E-state index contributed by atoms with van der Waals surface area (Å²) in [7, 11) is 0. The largest absolute Gasteiger partial charge is 0.494 e. The van der Waals surface area contributed by atoms with Gasteiger partial charge in [-0.25, -0.2) is 0 Å². The van der Waals surface area contributed by atoms with Crippen LogP contribution in [0.4, 0.5) is 5.69 Å². The third kappa shape index (κ3) is 3.48. The molecule has 0 unspecified atom stereocenters. The first-order valence-electron chi connectivity index (χ1n) is 6.50. The van der Waals surface area contributed by atoms with E-state index in [1.807, 2.05) is 31.2 Å². The number of hydrogen-bond acceptors (Lipinski definition) is 3. The molecule has 20 heavy (non-hydrogen) atoms. The van der Waals surface area contributed by atoms with Crippen LogP contribution < -0.4 is 10.5 Å². The van der Waals surface area contributed by atoms with E-state index in [0.29, 0.717) is 17.9 Å². The van der Waals surface area contributed by atoms with E-state index in [1.165, 1.54) is 6.08 Å². The third-order valence-corrected chi connectivity index (χ3v) is 2.82. The Balaban J connectivity index is 2.15. The summed E-state index contributed by atoms with van der Waals surface area (Å²) in [5.74, 6) is 0.686. The van der Waals surface area contributed by atoms with Crippen LogP contribution >= 0.6 is 0 Å². The number of anilines is 1. The van der Waals surface area contributed by atoms with Gasteiger partial charge in [0.2, 0.25) is 0 Å². The topological polar surface area (TPSA) is 52.3 Å². The number of benzene rings is 2.